The van der Waals surface area contributed by atoms with Crippen molar-refractivity contribution < 1.29 is 40.7 Å². The maximum atomic E-state index is 14.2. The van der Waals surface area contributed by atoms with Crippen molar-refractivity contribution in [1.82, 2.24) is 19.8 Å². The zero-order valence-electron chi connectivity index (χ0n) is 24.4. The summed E-state index contributed by atoms with van der Waals surface area (Å²) in [6.07, 6.45) is -9.70. The molecular weight excluding hydrogens is 606 g/mol. The summed E-state index contributed by atoms with van der Waals surface area (Å²) in [5.74, 6) is 0.124. The second kappa shape index (κ2) is 12.4. The minimum atomic E-state index is -5.02. The van der Waals surface area contributed by atoms with E-state index in [0.717, 1.165) is 0 Å². The summed E-state index contributed by atoms with van der Waals surface area (Å²) in [5, 5.41) is 3.16. The molecule has 0 radical (unpaired) electrons. The summed E-state index contributed by atoms with van der Waals surface area (Å²) in [6, 6.07) is 8.13. The number of methoxy groups -OCH3 is 1. The quantitative estimate of drug-likeness (QED) is 0.380. The average molecular weight is 637 g/mol. The van der Waals surface area contributed by atoms with Gasteiger partial charge in [0.15, 0.2) is 0 Å². The first-order chi connectivity index (χ1) is 21.3. The van der Waals surface area contributed by atoms with Crippen molar-refractivity contribution in [3.05, 3.63) is 64.7 Å². The highest BCUT2D eigenvalue weighted by Gasteiger charge is 2.38. The number of para-hydroxylation sites is 1. The Morgan fingerprint density at radius 3 is 2.18 bits per heavy atom. The van der Waals surface area contributed by atoms with Crippen molar-refractivity contribution in [2.75, 3.05) is 56.6 Å². The second-order valence-corrected chi connectivity index (χ2v) is 10.7. The van der Waals surface area contributed by atoms with Crippen molar-refractivity contribution in [3.63, 3.8) is 0 Å². The number of benzene rings is 2. The van der Waals surface area contributed by atoms with E-state index in [1.165, 1.54) is 18.9 Å². The number of amides is 2. The van der Waals surface area contributed by atoms with Gasteiger partial charge >= 0.3 is 12.4 Å². The molecule has 240 valence electrons. The monoisotopic (exact) mass is 636 g/mol. The molecule has 0 spiro atoms. The molecule has 2 amide bonds. The Labute approximate surface area is 254 Å². The first kappa shape index (κ1) is 31.9. The van der Waals surface area contributed by atoms with Crippen molar-refractivity contribution in [2.45, 2.75) is 32.2 Å². The molecule has 0 unspecified atom stereocenters. The van der Waals surface area contributed by atoms with E-state index in [1.807, 2.05) is 4.90 Å². The van der Waals surface area contributed by atoms with E-state index in [0.29, 0.717) is 62.6 Å². The summed E-state index contributed by atoms with van der Waals surface area (Å²) in [6.45, 7) is 3.08. The van der Waals surface area contributed by atoms with Crippen LogP contribution in [0.2, 0.25) is 0 Å². The van der Waals surface area contributed by atoms with Gasteiger partial charge in [-0.2, -0.15) is 31.3 Å². The molecule has 3 aromatic rings. The van der Waals surface area contributed by atoms with Crippen LogP contribution in [0.3, 0.4) is 0 Å². The van der Waals surface area contributed by atoms with Crippen molar-refractivity contribution in [2.24, 2.45) is 0 Å². The maximum Gasteiger partial charge on any atom is 0.416 e. The van der Waals surface area contributed by atoms with E-state index >= 15 is 0 Å². The van der Waals surface area contributed by atoms with Gasteiger partial charge in [-0.15, -0.1) is 0 Å². The van der Waals surface area contributed by atoms with Gasteiger partial charge in [0.25, 0.3) is 5.91 Å². The van der Waals surface area contributed by atoms with Gasteiger partial charge in [0.1, 0.15) is 17.1 Å². The van der Waals surface area contributed by atoms with Gasteiger partial charge in [0, 0.05) is 58.3 Å². The molecule has 1 saturated heterocycles. The van der Waals surface area contributed by atoms with Crippen LogP contribution in [0.15, 0.2) is 42.5 Å². The Hall–Kier alpha value is -4.56. The topological polar surface area (TPSA) is 90.9 Å². The fourth-order valence-electron chi connectivity index (χ4n) is 5.40. The highest BCUT2D eigenvalue weighted by atomic mass is 19.4. The Morgan fingerprint density at radius 2 is 1.58 bits per heavy atom. The van der Waals surface area contributed by atoms with Crippen molar-refractivity contribution in [3.8, 4) is 17.0 Å². The van der Waals surface area contributed by atoms with Crippen LogP contribution in [0.1, 0.15) is 40.4 Å². The van der Waals surface area contributed by atoms with E-state index in [9.17, 15) is 35.9 Å². The van der Waals surface area contributed by atoms with Crippen LogP contribution in [0.25, 0.3) is 11.3 Å². The summed E-state index contributed by atoms with van der Waals surface area (Å²) >= 11 is 0. The van der Waals surface area contributed by atoms with Gasteiger partial charge in [-0.1, -0.05) is 12.1 Å². The molecule has 5 rings (SSSR count). The number of hydrogen-bond acceptors (Lipinski definition) is 7. The third-order valence-corrected chi connectivity index (χ3v) is 7.69. The number of aromatic nitrogens is 2. The third-order valence-electron chi connectivity index (χ3n) is 7.69. The summed E-state index contributed by atoms with van der Waals surface area (Å²) in [5.41, 5.74) is -2.60. The fraction of sp³-hybridized carbons (Fsp3) is 0.400. The molecule has 2 aliphatic heterocycles. The number of alkyl halides is 6. The Balaban J connectivity index is 1.60. The smallest absolute Gasteiger partial charge is 0.416 e. The van der Waals surface area contributed by atoms with Gasteiger partial charge in [-0.05, 0) is 42.3 Å². The predicted molar refractivity (Wildman–Crippen MR) is 153 cm³/mol. The number of fused-ring (bicyclic) bond motifs is 1. The normalized spacial score (nSPS) is 16.1. The SMILES string of the molecule is COc1ccccc1-c1nc(N2CCN(C(C)=O)CC2)nc2c1C(=O)N(Cc1cc(C(F)(F)F)cc(C(F)(F)F)c1)CCCN2. The van der Waals surface area contributed by atoms with Crippen LogP contribution in [-0.2, 0) is 23.7 Å². The molecule has 9 nitrogen and oxygen atoms in total. The predicted octanol–water partition coefficient (Wildman–Crippen LogP) is 5.32. The van der Waals surface area contributed by atoms with E-state index in [1.54, 1.807) is 29.2 Å². The zero-order chi connectivity index (χ0) is 32.5. The van der Waals surface area contributed by atoms with Crippen LogP contribution in [0.4, 0.5) is 38.1 Å². The number of nitrogens with zero attached hydrogens (tertiary/aromatic N) is 5. The third kappa shape index (κ3) is 6.91. The molecule has 2 aromatic carbocycles. The molecule has 1 fully saturated rings. The van der Waals surface area contributed by atoms with Crippen LogP contribution < -0.4 is 15.0 Å². The second-order valence-electron chi connectivity index (χ2n) is 10.7. The largest absolute Gasteiger partial charge is 0.496 e. The average Bonchev–Trinajstić information content (AvgIpc) is 3.00. The van der Waals surface area contributed by atoms with Gasteiger partial charge in [0.2, 0.25) is 11.9 Å². The molecule has 1 N–H and O–H groups in total. The first-order valence-electron chi connectivity index (χ1n) is 14.1. The van der Waals surface area contributed by atoms with Crippen LogP contribution in [-0.4, -0.2) is 78.0 Å². The number of carbonyl (C=O) groups excluding carboxylic acids is 2. The molecule has 0 aliphatic carbocycles. The molecule has 3 heterocycles. The lowest BCUT2D eigenvalue weighted by Gasteiger charge is -2.35. The van der Waals surface area contributed by atoms with Gasteiger partial charge in [-0.3, -0.25) is 9.59 Å². The number of anilines is 2. The molecule has 15 heteroatoms. The molecule has 2 aliphatic rings. The molecule has 0 bridgehead atoms. The van der Waals surface area contributed by atoms with Crippen LogP contribution in [0, 0.1) is 0 Å². The van der Waals surface area contributed by atoms with E-state index in [2.05, 4.69) is 10.3 Å². The van der Waals surface area contributed by atoms with Gasteiger partial charge in [-0.25, -0.2) is 4.98 Å². The summed E-state index contributed by atoms with van der Waals surface area (Å²) < 4.78 is 86.9. The summed E-state index contributed by atoms with van der Waals surface area (Å²) in [4.78, 5) is 40.3. The van der Waals surface area contributed by atoms with E-state index in [4.69, 9.17) is 9.72 Å². The number of ether oxygens (including phenoxy) is 1. The Bertz CT molecular complexity index is 1560. The lowest BCUT2D eigenvalue weighted by molar-refractivity contribution is -0.143. The Morgan fingerprint density at radius 1 is 0.933 bits per heavy atom. The highest BCUT2D eigenvalue weighted by molar-refractivity contribution is 6.05. The molecule has 1 aromatic heterocycles. The standard InChI is InChI=1S/C30H30F6N6O3/c1-18(43)40-10-12-41(13-11-40)28-38-25(22-6-3-4-7-23(22)45-2)24-26(39-28)37-8-5-9-42(27(24)44)17-19-14-20(29(31,32)33)16-21(15-19)30(34,35)36/h3-4,6-7,14-16H,5,8-13,17H2,1-2H3,(H,37,38,39). The number of carbonyl (C=O) groups is 2. The van der Waals surface area contributed by atoms with Crippen LogP contribution in [0.5, 0.6) is 5.75 Å². The number of nitrogens with one attached hydrogen (secondary N) is 1. The lowest BCUT2D eigenvalue weighted by Crippen LogP contribution is -2.48. The highest BCUT2D eigenvalue weighted by Crippen LogP contribution is 2.39. The van der Waals surface area contributed by atoms with Crippen molar-refractivity contribution in [1.29, 1.82) is 0 Å². The first-order valence-corrected chi connectivity index (χ1v) is 14.1. The van der Waals surface area contributed by atoms with E-state index < -0.39 is 35.9 Å². The number of rotatable bonds is 5. The number of piperazine rings is 1. The Kier molecular flexibility index (Phi) is 8.81. The maximum absolute atomic E-state index is 14.2. The van der Waals surface area contributed by atoms with Crippen molar-refractivity contribution >= 4 is 23.6 Å². The number of halogens is 6. The molecule has 0 atom stereocenters. The fourth-order valence-corrected chi connectivity index (χ4v) is 5.40. The molecule has 45 heavy (non-hydrogen) atoms. The zero-order valence-corrected chi connectivity index (χ0v) is 24.4. The van der Waals surface area contributed by atoms with Crippen LogP contribution >= 0.6 is 0 Å². The molecule has 0 saturated carbocycles. The minimum absolute atomic E-state index is 0.00772. The lowest BCUT2D eigenvalue weighted by atomic mass is 10.0. The minimum Gasteiger partial charge on any atom is -0.496 e. The summed E-state index contributed by atoms with van der Waals surface area (Å²) in [7, 11) is 1.45. The number of hydrogen-bond donors (Lipinski definition) is 1. The van der Waals surface area contributed by atoms with Gasteiger partial charge < -0.3 is 24.8 Å². The van der Waals surface area contributed by atoms with E-state index in [-0.39, 0.29) is 47.1 Å². The van der Waals surface area contributed by atoms with Gasteiger partial charge in [0.05, 0.1) is 23.9 Å². The molecular formula is C30H30F6N6O3.